The van der Waals surface area contributed by atoms with Crippen molar-refractivity contribution in [1.29, 1.82) is 0 Å². The molecule has 0 amide bonds. The van der Waals surface area contributed by atoms with E-state index in [-0.39, 0.29) is 41.7 Å². The molecule has 15 heteroatoms. The summed E-state index contributed by atoms with van der Waals surface area (Å²) in [7, 11) is -0.741. The predicted octanol–water partition coefficient (Wildman–Crippen LogP) is 6.29. The lowest BCUT2D eigenvalue weighted by atomic mass is 10.5. The highest BCUT2D eigenvalue weighted by Crippen LogP contribution is 2.38. The first-order valence-electron chi connectivity index (χ1n) is 14.5. The van der Waals surface area contributed by atoms with Gasteiger partial charge in [-0.05, 0) is 68.3 Å². The van der Waals surface area contributed by atoms with Gasteiger partial charge < -0.3 is 20.4 Å². The molecule has 0 aromatic rings. The van der Waals surface area contributed by atoms with Crippen LogP contribution < -0.4 is 0 Å². The quantitative estimate of drug-likeness (QED) is 0.0261. The lowest BCUT2D eigenvalue weighted by molar-refractivity contribution is -0.241. The Morgan fingerprint density at radius 1 is 0.452 bits per heavy atom. The van der Waals surface area contributed by atoms with Crippen LogP contribution in [0.2, 0.25) is 0 Å². The van der Waals surface area contributed by atoms with Gasteiger partial charge in [0.15, 0.2) is 0 Å². The SMILES string of the molecule is CCCP(CCC)CCC(=O)O.CCCP(CCCOO)CCC(=O)O.O=C(O)CCP(CCCOO)CCC(=O)O. The van der Waals surface area contributed by atoms with Gasteiger partial charge in [-0.2, -0.15) is 0 Å². The first kappa shape index (κ1) is 45.4. The minimum Gasteiger partial charge on any atom is -0.481 e. The molecule has 1 atom stereocenters. The van der Waals surface area contributed by atoms with Gasteiger partial charge in [0.25, 0.3) is 0 Å². The number of carboxylic acids is 4. The predicted molar refractivity (Wildman–Crippen MR) is 171 cm³/mol. The molecule has 0 spiro atoms. The van der Waals surface area contributed by atoms with Gasteiger partial charge >= 0.3 is 23.9 Å². The molecule has 42 heavy (non-hydrogen) atoms. The van der Waals surface area contributed by atoms with Gasteiger partial charge in [-0.3, -0.25) is 29.7 Å². The van der Waals surface area contributed by atoms with Crippen LogP contribution in [0, 0.1) is 0 Å². The monoisotopic (exact) mass is 664 g/mol. The van der Waals surface area contributed by atoms with E-state index in [2.05, 4.69) is 30.5 Å². The molecule has 0 aromatic carbocycles. The highest BCUT2D eigenvalue weighted by Gasteiger charge is 2.12. The summed E-state index contributed by atoms with van der Waals surface area (Å²) in [5, 5.41) is 50.4. The van der Waals surface area contributed by atoms with E-state index in [1.54, 1.807) is 0 Å². The first-order valence-corrected chi connectivity index (χ1v) is 20.2. The zero-order valence-corrected chi connectivity index (χ0v) is 28.3. The molecule has 0 radical (unpaired) electrons. The maximum atomic E-state index is 10.4. The van der Waals surface area contributed by atoms with E-state index >= 15 is 0 Å². The molecule has 0 saturated carbocycles. The van der Waals surface area contributed by atoms with Crippen molar-refractivity contribution in [2.24, 2.45) is 0 Å². The topological polar surface area (TPSA) is 208 Å². The van der Waals surface area contributed by atoms with Crippen LogP contribution in [-0.2, 0) is 29.0 Å². The van der Waals surface area contributed by atoms with Crippen molar-refractivity contribution in [3.05, 3.63) is 0 Å². The summed E-state index contributed by atoms with van der Waals surface area (Å²) >= 11 is 0. The Kier molecular flexibility index (Phi) is 37.3. The molecule has 250 valence electrons. The molecule has 0 bridgehead atoms. The van der Waals surface area contributed by atoms with Crippen LogP contribution >= 0.6 is 23.8 Å². The molecule has 0 heterocycles. The normalized spacial score (nSPS) is 11.3. The fourth-order valence-electron chi connectivity index (χ4n) is 3.68. The minimum absolute atomic E-state index is 0.0258. The maximum Gasteiger partial charge on any atom is 0.303 e. The zero-order chi connectivity index (χ0) is 32.6. The molecule has 0 aliphatic carbocycles. The van der Waals surface area contributed by atoms with Crippen LogP contribution in [0.4, 0.5) is 0 Å². The Morgan fingerprint density at radius 2 is 0.690 bits per heavy atom. The van der Waals surface area contributed by atoms with Gasteiger partial charge in [-0.1, -0.05) is 40.0 Å². The molecule has 0 aliphatic heterocycles. The third-order valence-electron chi connectivity index (χ3n) is 5.61. The summed E-state index contributed by atoms with van der Waals surface area (Å²) in [6, 6.07) is 0. The Labute approximate surface area is 254 Å². The van der Waals surface area contributed by atoms with Crippen LogP contribution in [0.5, 0.6) is 0 Å². The summed E-state index contributed by atoms with van der Waals surface area (Å²) in [6.45, 7) is 7.02. The summed E-state index contributed by atoms with van der Waals surface area (Å²) in [5.74, 6) is -3.08. The van der Waals surface area contributed by atoms with Gasteiger partial charge in [0, 0.05) is 25.7 Å². The van der Waals surface area contributed by atoms with Crippen LogP contribution in [0.15, 0.2) is 0 Å². The third kappa shape index (κ3) is 39.0. The lowest BCUT2D eigenvalue weighted by Gasteiger charge is -2.15. The molecular formula is C27H55O12P3. The van der Waals surface area contributed by atoms with Crippen molar-refractivity contribution in [3.63, 3.8) is 0 Å². The second-order valence-corrected chi connectivity index (χ2v) is 17.5. The Bertz CT molecular complexity index is 646. The first-order chi connectivity index (χ1) is 20.0. The summed E-state index contributed by atoms with van der Waals surface area (Å²) < 4.78 is 0. The molecular weight excluding hydrogens is 609 g/mol. The van der Waals surface area contributed by atoms with E-state index in [1.165, 1.54) is 25.2 Å². The Balaban J connectivity index is -0.000000549. The van der Waals surface area contributed by atoms with Crippen molar-refractivity contribution in [1.82, 2.24) is 0 Å². The van der Waals surface area contributed by atoms with Crippen LogP contribution in [0.1, 0.15) is 78.6 Å². The van der Waals surface area contributed by atoms with Gasteiger partial charge in [-0.15, -0.1) is 23.8 Å². The lowest BCUT2D eigenvalue weighted by Crippen LogP contribution is -2.06. The smallest absolute Gasteiger partial charge is 0.303 e. The summed E-state index contributed by atoms with van der Waals surface area (Å²) in [4.78, 5) is 49.4. The number of hydrogen-bond acceptors (Lipinski definition) is 8. The van der Waals surface area contributed by atoms with Crippen LogP contribution in [0.3, 0.4) is 0 Å². The van der Waals surface area contributed by atoms with Gasteiger partial charge in [0.05, 0.1) is 13.2 Å². The Hall–Kier alpha value is -0.990. The number of aliphatic carboxylic acids is 4. The van der Waals surface area contributed by atoms with Gasteiger partial charge in [0.2, 0.25) is 0 Å². The number of carboxylic acid groups (broad SMARTS) is 4. The second-order valence-electron chi connectivity index (χ2n) is 9.47. The maximum absolute atomic E-state index is 10.4. The number of rotatable bonds is 26. The Morgan fingerprint density at radius 3 is 0.905 bits per heavy atom. The fourth-order valence-corrected chi connectivity index (χ4v) is 10.8. The van der Waals surface area contributed by atoms with Crippen LogP contribution in [-0.4, -0.2) is 123 Å². The molecule has 0 rings (SSSR count). The number of hydrogen-bond donors (Lipinski definition) is 6. The van der Waals surface area contributed by atoms with E-state index in [9.17, 15) is 19.2 Å². The van der Waals surface area contributed by atoms with Crippen molar-refractivity contribution < 1.29 is 59.9 Å². The minimum atomic E-state index is -0.860. The molecule has 1 unspecified atom stereocenters. The van der Waals surface area contributed by atoms with Crippen molar-refractivity contribution >= 4 is 47.6 Å². The molecule has 0 saturated heterocycles. The highest BCUT2D eigenvalue weighted by molar-refractivity contribution is 7.58. The van der Waals surface area contributed by atoms with E-state index in [0.29, 0.717) is 31.8 Å². The van der Waals surface area contributed by atoms with Gasteiger partial charge in [0.1, 0.15) is 0 Å². The van der Waals surface area contributed by atoms with E-state index in [4.69, 9.17) is 30.9 Å². The zero-order valence-electron chi connectivity index (χ0n) is 25.6. The van der Waals surface area contributed by atoms with Crippen LogP contribution in [0.25, 0.3) is 0 Å². The van der Waals surface area contributed by atoms with E-state index in [1.807, 2.05) is 0 Å². The molecule has 6 N–H and O–H groups in total. The fraction of sp³-hybridized carbons (Fsp3) is 0.852. The molecule has 0 aromatic heterocycles. The second kappa shape index (κ2) is 34.5. The summed E-state index contributed by atoms with van der Waals surface area (Å²) in [5.41, 5.74) is 0. The molecule has 0 fully saturated rings. The van der Waals surface area contributed by atoms with Crippen molar-refractivity contribution in [2.45, 2.75) is 78.6 Å². The largest absolute Gasteiger partial charge is 0.481 e. The molecule has 0 aliphatic rings. The summed E-state index contributed by atoms with van der Waals surface area (Å²) in [6.07, 6.45) is 13.9. The third-order valence-corrected chi connectivity index (χ3v) is 14.2. The van der Waals surface area contributed by atoms with Gasteiger partial charge in [-0.25, -0.2) is 9.78 Å². The number of carbonyl (C=O) groups is 4. The average Bonchev–Trinajstić information content (AvgIpc) is 2.92. The standard InChI is InChI=1S/C9H17O6P.C9H19O4P.C9H19O2P/c10-8(11)2-6-16(5-1-4-15-14)7-3-9(12)13;1-2-6-14(7-3-5-13-12)8-4-9(10)11;1-3-6-12(7-4-2)8-5-9(10)11/h14H,1-7H2,(H,10,11)(H,12,13);12H,2-8H2,1H3,(H,10,11);3-8H2,1-2H3,(H,10,11). The van der Waals surface area contributed by atoms with Crippen molar-refractivity contribution in [3.8, 4) is 0 Å². The average molecular weight is 665 g/mol. The van der Waals surface area contributed by atoms with E-state index < -0.39 is 31.8 Å². The molecule has 12 nitrogen and oxygen atoms in total. The van der Waals surface area contributed by atoms with Crippen molar-refractivity contribution in [2.75, 3.05) is 68.7 Å². The highest BCUT2D eigenvalue weighted by atomic mass is 31.1. The van der Waals surface area contributed by atoms with E-state index in [0.717, 1.165) is 43.7 Å².